The van der Waals surface area contributed by atoms with Gasteiger partial charge in [-0.05, 0) is 25.0 Å². The molecule has 0 aliphatic heterocycles. The Morgan fingerprint density at radius 2 is 1.96 bits per heavy atom. The Kier molecular flexibility index (Phi) is 6.05. The Balaban J connectivity index is 2.14. The second-order valence-electron chi connectivity index (χ2n) is 5.73. The number of alkyl halides is 3. The van der Waals surface area contributed by atoms with Crippen LogP contribution in [0, 0.1) is 0 Å². The lowest BCUT2D eigenvalue weighted by Crippen LogP contribution is -2.35. The highest BCUT2D eigenvalue weighted by atomic mass is 19.4. The van der Waals surface area contributed by atoms with E-state index in [-0.39, 0.29) is 22.6 Å². The van der Waals surface area contributed by atoms with Crippen molar-refractivity contribution in [2.24, 2.45) is 22.2 Å². The molecule has 0 fully saturated rings. The molecule has 1 aromatic carbocycles. The van der Waals surface area contributed by atoms with E-state index in [2.05, 4.69) is 10.3 Å². The number of nitrogens with two attached hydrogens (primary N) is 3. The first-order valence-electron chi connectivity index (χ1n) is 7.85. The molecule has 7 N–H and O–H groups in total. The minimum Gasteiger partial charge on any atom is -0.423 e. The Morgan fingerprint density at radius 3 is 2.59 bits per heavy atom. The van der Waals surface area contributed by atoms with Gasteiger partial charge in [0, 0.05) is 29.8 Å². The van der Waals surface area contributed by atoms with Gasteiger partial charge in [-0.1, -0.05) is 0 Å². The first-order valence-corrected chi connectivity index (χ1v) is 7.85. The molecule has 0 bridgehead atoms. The molecule has 0 radical (unpaired) electrons. The van der Waals surface area contributed by atoms with Crippen LogP contribution in [0.3, 0.4) is 0 Å². The van der Waals surface area contributed by atoms with Gasteiger partial charge in [0.1, 0.15) is 5.58 Å². The zero-order chi connectivity index (χ0) is 20.2. The second kappa shape index (κ2) is 8.08. The zero-order valence-electron chi connectivity index (χ0n) is 14.0. The topological polar surface area (TPSA) is 150 Å². The van der Waals surface area contributed by atoms with E-state index in [9.17, 15) is 22.8 Å². The van der Waals surface area contributed by atoms with Crippen molar-refractivity contribution in [3.8, 4) is 0 Å². The van der Waals surface area contributed by atoms with Crippen LogP contribution in [0.2, 0.25) is 0 Å². The maximum atomic E-state index is 13.0. The summed E-state index contributed by atoms with van der Waals surface area (Å²) in [7, 11) is 0. The molecule has 0 aliphatic rings. The molecule has 1 heterocycles. The van der Waals surface area contributed by atoms with Gasteiger partial charge in [0.15, 0.2) is 5.96 Å². The number of aliphatic imine (C=N–C) groups is 1. The number of anilines is 1. The average Bonchev–Trinajstić information content (AvgIpc) is 2.56. The maximum absolute atomic E-state index is 13.0. The van der Waals surface area contributed by atoms with Crippen LogP contribution in [0.25, 0.3) is 11.0 Å². The van der Waals surface area contributed by atoms with Gasteiger partial charge in [0.2, 0.25) is 5.91 Å². The summed E-state index contributed by atoms with van der Waals surface area (Å²) in [6, 6.07) is 3.02. The van der Waals surface area contributed by atoms with Gasteiger partial charge in [0.05, 0.1) is 11.6 Å². The minimum atomic E-state index is -4.71. The summed E-state index contributed by atoms with van der Waals surface area (Å²) in [6.07, 6.45) is -3.95. The van der Waals surface area contributed by atoms with E-state index in [1.165, 1.54) is 6.07 Å². The number of hydrogen-bond donors (Lipinski definition) is 4. The SMILES string of the molecule is NC(N)=NCCC[C@H](N)C(=O)Nc1ccc2c(C(F)(F)F)cc(=O)oc2c1. The molecule has 146 valence electrons. The maximum Gasteiger partial charge on any atom is 0.417 e. The highest BCUT2D eigenvalue weighted by molar-refractivity contribution is 5.96. The van der Waals surface area contributed by atoms with Crippen molar-refractivity contribution in [1.29, 1.82) is 0 Å². The van der Waals surface area contributed by atoms with Gasteiger partial charge in [-0.15, -0.1) is 0 Å². The van der Waals surface area contributed by atoms with Gasteiger partial charge >= 0.3 is 11.8 Å². The van der Waals surface area contributed by atoms with Crippen LogP contribution < -0.4 is 28.1 Å². The summed E-state index contributed by atoms with van der Waals surface area (Å²) in [5, 5.41) is 2.18. The molecule has 0 saturated carbocycles. The van der Waals surface area contributed by atoms with E-state index in [4.69, 9.17) is 21.6 Å². The van der Waals surface area contributed by atoms with Crippen LogP contribution in [-0.4, -0.2) is 24.5 Å². The quantitative estimate of drug-likeness (QED) is 0.253. The van der Waals surface area contributed by atoms with Crippen LogP contribution in [0.1, 0.15) is 18.4 Å². The number of benzene rings is 1. The van der Waals surface area contributed by atoms with Crippen molar-refractivity contribution in [2.75, 3.05) is 11.9 Å². The van der Waals surface area contributed by atoms with Gasteiger partial charge in [0.25, 0.3) is 0 Å². The number of amides is 1. The molecule has 2 rings (SSSR count). The highest BCUT2D eigenvalue weighted by Gasteiger charge is 2.33. The van der Waals surface area contributed by atoms with Gasteiger partial charge in [-0.3, -0.25) is 9.79 Å². The number of halogens is 3. The largest absolute Gasteiger partial charge is 0.423 e. The third-order valence-electron chi connectivity index (χ3n) is 3.62. The lowest BCUT2D eigenvalue weighted by Gasteiger charge is -2.13. The number of guanidine groups is 1. The van der Waals surface area contributed by atoms with Crippen molar-refractivity contribution in [2.45, 2.75) is 25.1 Å². The molecule has 8 nitrogen and oxygen atoms in total. The Labute approximate surface area is 151 Å². The molecule has 0 spiro atoms. The summed E-state index contributed by atoms with van der Waals surface area (Å²) in [5.41, 5.74) is 13.7. The van der Waals surface area contributed by atoms with E-state index in [1.807, 2.05) is 0 Å². The summed E-state index contributed by atoms with van der Waals surface area (Å²) in [5.74, 6) is -0.614. The van der Waals surface area contributed by atoms with Gasteiger partial charge in [-0.25, -0.2) is 4.79 Å². The first-order chi connectivity index (χ1) is 12.6. The fraction of sp³-hybridized carbons (Fsp3) is 0.312. The number of nitrogens with zero attached hydrogens (tertiary/aromatic N) is 1. The van der Waals surface area contributed by atoms with E-state index in [1.54, 1.807) is 0 Å². The van der Waals surface area contributed by atoms with Crippen molar-refractivity contribution in [3.63, 3.8) is 0 Å². The summed E-state index contributed by atoms with van der Waals surface area (Å²) < 4.78 is 43.9. The molecular weight excluding hydrogens is 367 g/mol. The average molecular weight is 385 g/mol. The molecule has 1 amide bonds. The molecular formula is C16H18F3N5O3. The molecule has 1 atom stereocenters. The Bertz CT molecular complexity index is 920. The predicted molar refractivity (Wildman–Crippen MR) is 94.0 cm³/mol. The van der Waals surface area contributed by atoms with Crippen molar-refractivity contribution >= 4 is 28.5 Å². The van der Waals surface area contributed by atoms with Gasteiger partial charge in [-0.2, -0.15) is 13.2 Å². The summed E-state index contributed by atoms with van der Waals surface area (Å²) in [4.78, 5) is 27.2. The predicted octanol–water partition coefficient (Wildman–Crippen LogP) is 1.13. The number of carbonyl (C=O) groups is 1. The lowest BCUT2D eigenvalue weighted by atomic mass is 10.1. The fourth-order valence-electron chi connectivity index (χ4n) is 2.36. The summed E-state index contributed by atoms with van der Waals surface area (Å²) >= 11 is 0. The van der Waals surface area contributed by atoms with Crippen molar-refractivity contribution in [1.82, 2.24) is 0 Å². The molecule has 0 saturated heterocycles. The van der Waals surface area contributed by atoms with Crippen molar-refractivity contribution < 1.29 is 22.4 Å². The lowest BCUT2D eigenvalue weighted by molar-refractivity contribution is -0.136. The standard InChI is InChI=1S/C16H18F3N5O3/c17-16(18,19)10-7-13(25)27-12-6-8(3-4-9(10)12)24-14(26)11(20)2-1-5-23-15(21)22/h3-4,6-7,11H,1-2,5,20H2,(H,24,26)(H4,21,22,23)/t11-/m0/s1. The highest BCUT2D eigenvalue weighted by Crippen LogP contribution is 2.34. The molecule has 0 unspecified atom stereocenters. The number of nitrogens with one attached hydrogen (secondary N) is 1. The first kappa shape index (κ1) is 20.2. The molecule has 11 heteroatoms. The van der Waals surface area contributed by atoms with Crippen molar-refractivity contribution in [3.05, 3.63) is 40.2 Å². The van der Waals surface area contributed by atoms with E-state index in [0.29, 0.717) is 25.5 Å². The number of carbonyl (C=O) groups excluding carboxylic acids is 1. The molecule has 0 aliphatic carbocycles. The van der Waals surface area contributed by atoms with Gasteiger partial charge < -0.3 is 26.9 Å². The summed E-state index contributed by atoms with van der Waals surface area (Å²) in [6.45, 7) is 0.310. The fourth-order valence-corrected chi connectivity index (χ4v) is 2.36. The van der Waals surface area contributed by atoms with Crippen LogP contribution in [0.4, 0.5) is 18.9 Å². The van der Waals surface area contributed by atoms with Crippen LogP contribution in [0.5, 0.6) is 0 Å². The third-order valence-corrected chi connectivity index (χ3v) is 3.62. The monoisotopic (exact) mass is 385 g/mol. The van der Waals surface area contributed by atoms with Crippen LogP contribution in [-0.2, 0) is 11.0 Å². The number of fused-ring (bicyclic) bond motifs is 1. The number of rotatable bonds is 6. The molecule has 1 aromatic heterocycles. The van der Waals surface area contributed by atoms with E-state index < -0.39 is 29.3 Å². The Morgan fingerprint density at radius 1 is 1.26 bits per heavy atom. The second-order valence-corrected chi connectivity index (χ2v) is 5.73. The molecule has 27 heavy (non-hydrogen) atoms. The molecule has 2 aromatic rings. The zero-order valence-corrected chi connectivity index (χ0v) is 14.0. The normalized spacial score (nSPS) is 12.6. The minimum absolute atomic E-state index is 0.0658. The van der Waals surface area contributed by atoms with E-state index >= 15 is 0 Å². The smallest absolute Gasteiger partial charge is 0.417 e. The van der Waals surface area contributed by atoms with Crippen LogP contribution in [0.15, 0.2) is 38.5 Å². The van der Waals surface area contributed by atoms with Crippen LogP contribution >= 0.6 is 0 Å². The third kappa shape index (κ3) is 5.45. The number of hydrogen-bond acceptors (Lipinski definition) is 5. The van der Waals surface area contributed by atoms with E-state index in [0.717, 1.165) is 12.1 Å². The Hall–Kier alpha value is -3.08.